The Kier molecular flexibility index (Phi) is 4.56. The molecule has 1 rings (SSSR count). The Morgan fingerprint density at radius 3 is 2.83 bits per heavy atom. The van der Waals surface area contributed by atoms with Crippen molar-refractivity contribution < 1.29 is 9.53 Å². The number of nitrogens with zero attached hydrogens (tertiary/aromatic N) is 2. The Morgan fingerprint density at radius 1 is 1.61 bits per heavy atom. The number of nitrogen functional groups attached to an aromatic ring is 1. The van der Waals surface area contributed by atoms with Gasteiger partial charge in [-0.25, -0.2) is 4.98 Å². The summed E-state index contributed by atoms with van der Waals surface area (Å²) >= 11 is 1.16. The van der Waals surface area contributed by atoms with Crippen LogP contribution >= 0.6 is 11.8 Å². The fourth-order valence-electron chi connectivity index (χ4n) is 1.16. The molecule has 0 atom stereocenters. The van der Waals surface area contributed by atoms with E-state index in [9.17, 15) is 4.79 Å². The maximum absolute atomic E-state index is 11.5. The van der Waals surface area contributed by atoms with Gasteiger partial charge in [0.25, 0.3) is 0 Å². The maximum Gasteiger partial charge on any atom is 0.316 e. The summed E-state index contributed by atoms with van der Waals surface area (Å²) in [6.07, 6.45) is 1.49. The highest BCUT2D eigenvalue weighted by molar-refractivity contribution is 8.00. The third-order valence-electron chi connectivity index (χ3n) is 1.82. The summed E-state index contributed by atoms with van der Waals surface area (Å²) in [7, 11) is 0. The van der Waals surface area contributed by atoms with Crippen molar-refractivity contribution in [1.82, 2.24) is 4.98 Å². The molecule has 2 N–H and O–H groups in total. The van der Waals surface area contributed by atoms with E-state index in [1.807, 2.05) is 6.07 Å². The average Bonchev–Trinajstić information content (AvgIpc) is 2.25. The Morgan fingerprint density at radius 2 is 2.28 bits per heavy atom. The van der Waals surface area contributed by atoms with E-state index in [1.54, 1.807) is 20.8 Å². The minimum absolute atomic E-state index is 0.114. The highest BCUT2D eigenvalue weighted by Gasteiger charge is 2.17. The lowest BCUT2D eigenvalue weighted by atomic mass is 10.2. The van der Waals surface area contributed by atoms with Gasteiger partial charge in [-0.1, -0.05) is 11.8 Å². The van der Waals surface area contributed by atoms with Crippen LogP contribution in [0.2, 0.25) is 0 Å². The van der Waals surface area contributed by atoms with E-state index in [2.05, 4.69) is 4.98 Å². The molecule has 0 bridgehead atoms. The van der Waals surface area contributed by atoms with Crippen molar-refractivity contribution in [3.63, 3.8) is 0 Å². The summed E-state index contributed by atoms with van der Waals surface area (Å²) in [5, 5.41) is 9.29. The first-order chi connectivity index (χ1) is 8.33. The molecule has 0 aromatic carbocycles. The molecule has 1 aromatic heterocycles. The number of hydrogen-bond acceptors (Lipinski definition) is 6. The molecule has 0 spiro atoms. The topological polar surface area (TPSA) is 89.0 Å². The summed E-state index contributed by atoms with van der Waals surface area (Å²) in [4.78, 5) is 15.6. The van der Waals surface area contributed by atoms with Crippen molar-refractivity contribution in [3.8, 4) is 6.07 Å². The van der Waals surface area contributed by atoms with Crippen LogP contribution in [0.1, 0.15) is 26.3 Å². The van der Waals surface area contributed by atoms with E-state index < -0.39 is 5.60 Å². The molecule has 5 nitrogen and oxygen atoms in total. The van der Waals surface area contributed by atoms with Gasteiger partial charge in [-0.15, -0.1) is 0 Å². The minimum atomic E-state index is -0.509. The van der Waals surface area contributed by atoms with Crippen molar-refractivity contribution in [3.05, 3.63) is 17.8 Å². The van der Waals surface area contributed by atoms with Crippen LogP contribution in [0.5, 0.6) is 0 Å². The molecule has 1 aromatic rings. The van der Waals surface area contributed by atoms with Crippen LogP contribution in [0.4, 0.5) is 5.69 Å². The van der Waals surface area contributed by atoms with Gasteiger partial charge < -0.3 is 10.5 Å². The summed E-state index contributed by atoms with van der Waals surface area (Å²) < 4.78 is 5.16. The maximum atomic E-state index is 11.5. The predicted octanol–water partition coefficient (Wildman–Crippen LogP) is 1.97. The summed E-state index contributed by atoms with van der Waals surface area (Å²) in [6.45, 7) is 5.41. The quantitative estimate of drug-likeness (QED) is 0.664. The molecule has 6 heteroatoms. The highest BCUT2D eigenvalue weighted by atomic mass is 32.2. The molecule has 0 aliphatic carbocycles. The van der Waals surface area contributed by atoms with Crippen LogP contribution in [0, 0.1) is 11.3 Å². The minimum Gasteiger partial charge on any atom is -0.459 e. The van der Waals surface area contributed by atoms with Gasteiger partial charge >= 0.3 is 5.97 Å². The fraction of sp³-hybridized carbons (Fsp3) is 0.417. The zero-order chi connectivity index (χ0) is 13.8. The number of carbonyl (C=O) groups excluding carboxylic acids is 1. The Labute approximate surface area is 110 Å². The number of nitriles is 1. The molecule has 18 heavy (non-hydrogen) atoms. The number of nitrogens with two attached hydrogens (primary N) is 1. The van der Waals surface area contributed by atoms with Crippen molar-refractivity contribution in [2.75, 3.05) is 11.5 Å². The number of carbonyl (C=O) groups is 1. The zero-order valence-corrected chi connectivity index (χ0v) is 11.4. The van der Waals surface area contributed by atoms with Crippen molar-refractivity contribution >= 4 is 23.4 Å². The van der Waals surface area contributed by atoms with Crippen LogP contribution in [0.3, 0.4) is 0 Å². The number of hydrogen-bond donors (Lipinski definition) is 1. The normalized spacial score (nSPS) is 10.8. The van der Waals surface area contributed by atoms with E-state index >= 15 is 0 Å². The number of anilines is 1. The molecule has 1 heterocycles. The van der Waals surface area contributed by atoms with Gasteiger partial charge in [0.1, 0.15) is 16.7 Å². The highest BCUT2D eigenvalue weighted by Crippen LogP contribution is 2.25. The first-order valence-corrected chi connectivity index (χ1v) is 6.31. The number of rotatable bonds is 3. The number of esters is 1. The first kappa shape index (κ1) is 14.3. The molecule has 0 unspecified atom stereocenters. The Bertz CT molecular complexity index is 489. The largest absolute Gasteiger partial charge is 0.459 e. The van der Waals surface area contributed by atoms with Crippen molar-refractivity contribution in [1.29, 1.82) is 5.26 Å². The van der Waals surface area contributed by atoms with Gasteiger partial charge in [-0.05, 0) is 26.8 Å². The number of thioether (sulfide) groups is 1. The Balaban J connectivity index is 2.65. The van der Waals surface area contributed by atoms with Crippen molar-refractivity contribution in [2.45, 2.75) is 31.4 Å². The van der Waals surface area contributed by atoms with Crippen molar-refractivity contribution in [2.24, 2.45) is 0 Å². The number of aromatic nitrogens is 1. The molecule has 0 fully saturated rings. The molecule has 0 aliphatic heterocycles. The van der Waals surface area contributed by atoms with E-state index in [0.717, 1.165) is 11.8 Å². The molecular formula is C12H15N3O2S. The lowest BCUT2D eigenvalue weighted by molar-refractivity contribution is -0.151. The van der Waals surface area contributed by atoms with Crippen LogP contribution in [0.25, 0.3) is 0 Å². The summed E-state index contributed by atoms with van der Waals surface area (Å²) in [6, 6.07) is 3.50. The third-order valence-corrected chi connectivity index (χ3v) is 2.80. The third kappa shape index (κ3) is 4.26. The zero-order valence-electron chi connectivity index (χ0n) is 10.6. The molecule has 0 saturated carbocycles. The average molecular weight is 265 g/mol. The molecule has 0 radical (unpaired) electrons. The molecule has 0 amide bonds. The number of pyridine rings is 1. The lowest BCUT2D eigenvalue weighted by Crippen LogP contribution is -2.25. The molecule has 96 valence electrons. The lowest BCUT2D eigenvalue weighted by Gasteiger charge is -2.19. The second-order valence-electron chi connectivity index (χ2n) is 4.56. The van der Waals surface area contributed by atoms with Gasteiger partial charge in [0.05, 0.1) is 17.0 Å². The molecular weight excluding hydrogens is 250 g/mol. The van der Waals surface area contributed by atoms with Gasteiger partial charge in [-0.2, -0.15) is 5.26 Å². The van der Waals surface area contributed by atoms with E-state index in [1.165, 1.54) is 12.3 Å². The summed E-state index contributed by atoms with van der Waals surface area (Å²) in [5.74, 6) is -0.223. The standard InChI is InChI=1S/C12H15N3O2S/c1-12(2,3)17-9(16)7-18-11-10(14)8(6-13)4-5-15-11/h4-5H,7,14H2,1-3H3. The SMILES string of the molecule is CC(C)(C)OC(=O)CSc1nccc(C#N)c1N. The second kappa shape index (κ2) is 5.74. The van der Waals surface area contributed by atoms with Gasteiger partial charge in [0.15, 0.2) is 0 Å². The predicted molar refractivity (Wildman–Crippen MR) is 69.9 cm³/mol. The summed E-state index contributed by atoms with van der Waals surface area (Å²) in [5.41, 5.74) is 5.90. The van der Waals surface area contributed by atoms with E-state index in [0.29, 0.717) is 16.3 Å². The van der Waals surface area contributed by atoms with Crippen LogP contribution in [-0.4, -0.2) is 22.3 Å². The van der Waals surface area contributed by atoms with E-state index in [-0.39, 0.29) is 11.7 Å². The smallest absolute Gasteiger partial charge is 0.316 e. The number of ether oxygens (including phenoxy) is 1. The Hall–Kier alpha value is -1.74. The second-order valence-corrected chi connectivity index (χ2v) is 5.53. The first-order valence-electron chi connectivity index (χ1n) is 5.32. The molecule has 0 aliphatic rings. The monoisotopic (exact) mass is 265 g/mol. The van der Waals surface area contributed by atoms with Gasteiger partial charge in [0.2, 0.25) is 0 Å². The van der Waals surface area contributed by atoms with Crippen LogP contribution in [-0.2, 0) is 9.53 Å². The van der Waals surface area contributed by atoms with Gasteiger partial charge in [0, 0.05) is 6.20 Å². The van der Waals surface area contributed by atoms with Gasteiger partial charge in [-0.3, -0.25) is 4.79 Å². The molecule has 0 saturated heterocycles. The van der Waals surface area contributed by atoms with Crippen LogP contribution in [0.15, 0.2) is 17.3 Å². The van der Waals surface area contributed by atoms with E-state index in [4.69, 9.17) is 15.7 Å². The fourth-order valence-corrected chi connectivity index (χ4v) is 1.88. The van der Waals surface area contributed by atoms with Crippen LogP contribution < -0.4 is 5.73 Å².